The standard InChI is InChI=1S/C19H26N4O/c1-13(2)18-17(11-21-22-18)19(24)20-10-14(3)23-9-8-15-6-4-5-7-16(15)12-23/h4-7,11,13-14H,8-10,12H2,1-3H3,(H,20,24)(H,21,22). The van der Waals surface area contributed by atoms with Crippen molar-refractivity contribution in [3.63, 3.8) is 0 Å². The van der Waals surface area contributed by atoms with Gasteiger partial charge in [0.05, 0.1) is 17.5 Å². The Bertz CT molecular complexity index is 707. The maximum Gasteiger partial charge on any atom is 0.254 e. The van der Waals surface area contributed by atoms with E-state index in [2.05, 4.69) is 65.5 Å². The predicted octanol–water partition coefficient (Wildman–Crippen LogP) is 2.71. The number of fused-ring (bicyclic) bond motifs is 1. The fourth-order valence-corrected chi connectivity index (χ4v) is 3.28. The second kappa shape index (κ2) is 7.18. The normalized spacial score (nSPS) is 16.0. The van der Waals surface area contributed by atoms with E-state index in [1.165, 1.54) is 11.1 Å². The van der Waals surface area contributed by atoms with Crippen LogP contribution in [0.3, 0.4) is 0 Å². The number of aromatic nitrogens is 2. The molecule has 1 aliphatic rings. The highest BCUT2D eigenvalue weighted by Crippen LogP contribution is 2.20. The number of carbonyl (C=O) groups is 1. The third kappa shape index (κ3) is 3.51. The number of carbonyl (C=O) groups excluding carboxylic acids is 1. The summed E-state index contributed by atoms with van der Waals surface area (Å²) in [4.78, 5) is 14.9. The van der Waals surface area contributed by atoms with E-state index in [0.29, 0.717) is 18.2 Å². The lowest BCUT2D eigenvalue weighted by atomic mass is 9.99. The van der Waals surface area contributed by atoms with Gasteiger partial charge in [0.1, 0.15) is 0 Å². The number of rotatable bonds is 5. The molecule has 2 aromatic rings. The van der Waals surface area contributed by atoms with Crippen LogP contribution >= 0.6 is 0 Å². The van der Waals surface area contributed by atoms with Crippen LogP contribution in [0.25, 0.3) is 0 Å². The molecule has 1 unspecified atom stereocenters. The molecule has 0 radical (unpaired) electrons. The molecule has 0 bridgehead atoms. The molecule has 1 amide bonds. The van der Waals surface area contributed by atoms with Gasteiger partial charge in [-0.1, -0.05) is 38.1 Å². The molecule has 3 rings (SSSR count). The van der Waals surface area contributed by atoms with Gasteiger partial charge in [-0.2, -0.15) is 5.10 Å². The highest BCUT2D eigenvalue weighted by molar-refractivity contribution is 5.95. The molecule has 0 saturated carbocycles. The Morgan fingerprint density at radius 3 is 2.79 bits per heavy atom. The molecule has 128 valence electrons. The van der Waals surface area contributed by atoms with E-state index >= 15 is 0 Å². The van der Waals surface area contributed by atoms with Crippen LogP contribution < -0.4 is 5.32 Å². The van der Waals surface area contributed by atoms with Crippen molar-refractivity contribution in [1.82, 2.24) is 20.4 Å². The minimum Gasteiger partial charge on any atom is -0.350 e. The molecule has 0 aliphatic carbocycles. The average Bonchev–Trinajstić information content (AvgIpc) is 3.09. The SMILES string of the molecule is CC(C)c1[nH]ncc1C(=O)NCC(C)N1CCc2ccccc2C1. The Hall–Kier alpha value is -2.14. The van der Waals surface area contributed by atoms with Crippen molar-refractivity contribution in [2.75, 3.05) is 13.1 Å². The van der Waals surface area contributed by atoms with Crippen LogP contribution in [-0.4, -0.2) is 40.1 Å². The Labute approximate surface area is 143 Å². The van der Waals surface area contributed by atoms with Gasteiger partial charge in [0, 0.05) is 25.7 Å². The van der Waals surface area contributed by atoms with Crippen molar-refractivity contribution in [2.45, 2.75) is 45.7 Å². The van der Waals surface area contributed by atoms with Crippen molar-refractivity contribution < 1.29 is 4.79 Å². The van der Waals surface area contributed by atoms with Gasteiger partial charge in [0.15, 0.2) is 0 Å². The topological polar surface area (TPSA) is 61.0 Å². The van der Waals surface area contributed by atoms with Crippen LogP contribution in [0.15, 0.2) is 30.5 Å². The highest BCUT2D eigenvalue weighted by atomic mass is 16.1. The molecule has 0 saturated heterocycles. The number of aromatic amines is 1. The van der Waals surface area contributed by atoms with Crippen molar-refractivity contribution in [3.8, 4) is 0 Å². The monoisotopic (exact) mass is 326 g/mol. The van der Waals surface area contributed by atoms with E-state index in [0.717, 1.165) is 25.2 Å². The second-order valence-corrected chi connectivity index (χ2v) is 6.90. The van der Waals surface area contributed by atoms with Crippen LogP contribution in [0, 0.1) is 0 Å². The van der Waals surface area contributed by atoms with Crippen LogP contribution in [0.5, 0.6) is 0 Å². The first-order valence-electron chi connectivity index (χ1n) is 8.68. The van der Waals surface area contributed by atoms with Gasteiger partial charge in [-0.25, -0.2) is 0 Å². The molecular weight excluding hydrogens is 300 g/mol. The molecule has 1 aromatic carbocycles. The predicted molar refractivity (Wildman–Crippen MR) is 95.0 cm³/mol. The average molecular weight is 326 g/mol. The highest BCUT2D eigenvalue weighted by Gasteiger charge is 2.22. The third-order valence-corrected chi connectivity index (χ3v) is 4.83. The third-order valence-electron chi connectivity index (χ3n) is 4.83. The summed E-state index contributed by atoms with van der Waals surface area (Å²) >= 11 is 0. The summed E-state index contributed by atoms with van der Waals surface area (Å²) in [6.07, 6.45) is 2.69. The van der Waals surface area contributed by atoms with Crippen molar-refractivity contribution in [1.29, 1.82) is 0 Å². The first-order valence-corrected chi connectivity index (χ1v) is 8.68. The van der Waals surface area contributed by atoms with Crippen LogP contribution in [-0.2, 0) is 13.0 Å². The first kappa shape index (κ1) is 16.7. The van der Waals surface area contributed by atoms with E-state index in [1.54, 1.807) is 6.20 Å². The molecule has 1 atom stereocenters. The zero-order chi connectivity index (χ0) is 17.1. The number of benzene rings is 1. The fourth-order valence-electron chi connectivity index (χ4n) is 3.28. The van der Waals surface area contributed by atoms with Gasteiger partial charge in [0.2, 0.25) is 0 Å². The van der Waals surface area contributed by atoms with E-state index in [1.807, 2.05) is 0 Å². The zero-order valence-corrected chi connectivity index (χ0v) is 14.7. The molecule has 0 fully saturated rings. The molecule has 24 heavy (non-hydrogen) atoms. The van der Waals surface area contributed by atoms with Gasteiger partial charge in [-0.3, -0.25) is 14.8 Å². The van der Waals surface area contributed by atoms with E-state index in [4.69, 9.17) is 0 Å². The van der Waals surface area contributed by atoms with Gasteiger partial charge in [0.25, 0.3) is 5.91 Å². The van der Waals surface area contributed by atoms with E-state index < -0.39 is 0 Å². The lowest BCUT2D eigenvalue weighted by Crippen LogP contribution is -2.44. The van der Waals surface area contributed by atoms with Gasteiger partial charge < -0.3 is 5.32 Å². The zero-order valence-electron chi connectivity index (χ0n) is 14.7. The summed E-state index contributed by atoms with van der Waals surface area (Å²) < 4.78 is 0. The summed E-state index contributed by atoms with van der Waals surface area (Å²) in [6.45, 7) is 8.92. The van der Waals surface area contributed by atoms with Crippen LogP contribution in [0.2, 0.25) is 0 Å². The lowest BCUT2D eigenvalue weighted by Gasteiger charge is -2.33. The molecular formula is C19H26N4O. The van der Waals surface area contributed by atoms with Crippen molar-refractivity contribution in [2.24, 2.45) is 0 Å². The molecule has 2 heterocycles. The Balaban J connectivity index is 1.57. The Morgan fingerprint density at radius 1 is 1.29 bits per heavy atom. The molecule has 0 spiro atoms. The number of nitrogens with zero attached hydrogens (tertiary/aromatic N) is 2. The van der Waals surface area contributed by atoms with E-state index in [-0.39, 0.29) is 11.8 Å². The molecule has 1 aromatic heterocycles. The summed E-state index contributed by atoms with van der Waals surface area (Å²) in [5, 5.41) is 10.00. The summed E-state index contributed by atoms with van der Waals surface area (Å²) in [5.74, 6) is 0.209. The quantitative estimate of drug-likeness (QED) is 0.888. The van der Waals surface area contributed by atoms with Crippen molar-refractivity contribution >= 4 is 5.91 Å². The number of hydrogen-bond acceptors (Lipinski definition) is 3. The second-order valence-electron chi connectivity index (χ2n) is 6.90. The largest absolute Gasteiger partial charge is 0.350 e. The Kier molecular flexibility index (Phi) is 5.00. The molecule has 2 N–H and O–H groups in total. The minimum absolute atomic E-state index is 0.0447. The summed E-state index contributed by atoms with van der Waals surface area (Å²) in [5.41, 5.74) is 4.40. The maximum absolute atomic E-state index is 12.4. The van der Waals surface area contributed by atoms with Crippen LogP contribution in [0.4, 0.5) is 0 Å². The molecule has 5 nitrogen and oxygen atoms in total. The van der Waals surface area contributed by atoms with Crippen LogP contribution in [0.1, 0.15) is 53.9 Å². The van der Waals surface area contributed by atoms with Gasteiger partial charge in [-0.05, 0) is 30.4 Å². The number of hydrogen-bond donors (Lipinski definition) is 2. The number of H-pyrrole nitrogens is 1. The summed E-state index contributed by atoms with van der Waals surface area (Å²) in [7, 11) is 0. The minimum atomic E-state index is -0.0447. The van der Waals surface area contributed by atoms with Gasteiger partial charge in [-0.15, -0.1) is 0 Å². The summed E-state index contributed by atoms with van der Waals surface area (Å²) in [6, 6.07) is 8.92. The lowest BCUT2D eigenvalue weighted by molar-refractivity contribution is 0.0931. The molecule has 1 aliphatic heterocycles. The Morgan fingerprint density at radius 2 is 2.04 bits per heavy atom. The molecule has 5 heteroatoms. The maximum atomic E-state index is 12.4. The number of nitrogens with one attached hydrogen (secondary N) is 2. The van der Waals surface area contributed by atoms with Gasteiger partial charge >= 0.3 is 0 Å². The van der Waals surface area contributed by atoms with Crippen molar-refractivity contribution in [3.05, 3.63) is 52.8 Å². The van der Waals surface area contributed by atoms with E-state index in [9.17, 15) is 4.79 Å². The first-order chi connectivity index (χ1) is 11.6. The smallest absolute Gasteiger partial charge is 0.254 e. The number of amides is 1. The fraction of sp³-hybridized carbons (Fsp3) is 0.474.